The molecule has 1 amide bonds. The summed E-state index contributed by atoms with van der Waals surface area (Å²) in [4.78, 5) is 23.7. The van der Waals surface area contributed by atoms with Gasteiger partial charge >= 0.3 is 5.97 Å². The number of nitrogens with zero attached hydrogens (tertiary/aromatic N) is 2. The van der Waals surface area contributed by atoms with Crippen LogP contribution in [0.1, 0.15) is 29.8 Å². The highest BCUT2D eigenvalue weighted by molar-refractivity contribution is 7.90. The number of rotatable bonds is 5. The van der Waals surface area contributed by atoms with Gasteiger partial charge in [0.25, 0.3) is 5.91 Å². The number of carbonyl (C=O) groups excluding carboxylic acids is 1. The molecule has 2 aromatic rings. The Bertz CT molecular complexity index is 944. The number of anilines is 1. The first-order valence-electron chi connectivity index (χ1n) is 7.33. The molecule has 8 nitrogen and oxygen atoms in total. The molecule has 0 atom stereocenters. The van der Waals surface area contributed by atoms with E-state index in [9.17, 15) is 23.1 Å². The first-order valence-corrected chi connectivity index (χ1v) is 9.22. The Morgan fingerprint density at radius 2 is 1.92 bits per heavy atom. The molecule has 0 fully saturated rings. The van der Waals surface area contributed by atoms with E-state index in [1.165, 1.54) is 43.1 Å². The summed E-state index contributed by atoms with van der Waals surface area (Å²) in [5, 5.41) is 15.7. The third-order valence-corrected chi connectivity index (χ3v) is 5.03. The Morgan fingerprint density at radius 1 is 1.28 bits per heavy atom. The molecular formula is C16H19N3O5S. The monoisotopic (exact) mass is 365 g/mol. The Balaban J connectivity index is 2.27. The van der Waals surface area contributed by atoms with Gasteiger partial charge < -0.3 is 10.4 Å². The summed E-state index contributed by atoms with van der Waals surface area (Å²) >= 11 is 0. The van der Waals surface area contributed by atoms with Crippen LogP contribution in [0, 0.1) is 6.92 Å². The number of aryl methyl sites for hydroxylation is 1. The first-order chi connectivity index (χ1) is 11.4. The zero-order valence-electron chi connectivity index (χ0n) is 14.3. The highest BCUT2D eigenvalue weighted by Gasteiger charge is 2.30. The van der Waals surface area contributed by atoms with Crippen LogP contribution in [0.4, 0.5) is 5.69 Å². The van der Waals surface area contributed by atoms with Crippen LogP contribution in [0.3, 0.4) is 0 Å². The number of carboxylic acids is 1. The second-order valence-corrected chi connectivity index (χ2v) is 8.23. The molecule has 0 aliphatic heterocycles. The fourth-order valence-electron chi connectivity index (χ4n) is 2.14. The van der Waals surface area contributed by atoms with Crippen LogP contribution in [0.15, 0.2) is 35.5 Å². The topological polar surface area (TPSA) is 118 Å². The van der Waals surface area contributed by atoms with Gasteiger partial charge in [-0.05, 0) is 38.5 Å². The molecule has 134 valence electrons. The second kappa shape index (κ2) is 6.32. The number of amides is 1. The van der Waals surface area contributed by atoms with Crippen LogP contribution in [0.25, 0.3) is 0 Å². The minimum atomic E-state index is -3.45. The molecule has 9 heteroatoms. The van der Waals surface area contributed by atoms with Crippen molar-refractivity contribution in [3.63, 3.8) is 0 Å². The zero-order valence-corrected chi connectivity index (χ0v) is 15.1. The van der Waals surface area contributed by atoms with Crippen LogP contribution in [0.5, 0.6) is 0 Å². The second-order valence-electron chi connectivity index (χ2n) is 6.24. The minimum Gasteiger partial charge on any atom is -0.479 e. The maximum absolute atomic E-state index is 12.3. The number of sulfone groups is 1. The first kappa shape index (κ1) is 18.7. The molecule has 2 rings (SSSR count). The average Bonchev–Trinajstić information content (AvgIpc) is 2.95. The van der Waals surface area contributed by atoms with Crippen molar-refractivity contribution in [1.29, 1.82) is 0 Å². The van der Waals surface area contributed by atoms with Crippen molar-refractivity contribution >= 4 is 27.4 Å². The number of nitrogens with one attached hydrogen (secondary N) is 1. The van der Waals surface area contributed by atoms with E-state index in [2.05, 4.69) is 10.4 Å². The summed E-state index contributed by atoms with van der Waals surface area (Å²) in [5.74, 6) is -1.58. The lowest BCUT2D eigenvalue weighted by atomic mass is 10.1. The normalized spacial score (nSPS) is 12.0. The summed E-state index contributed by atoms with van der Waals surface area (Å²) in [6, 6.07) is 4.39. The fourth-order valence-corrected chi connectivity index (χ4v) is 3.13. The quantitative estimate of drug-likeness (QED) is 0.832. The van der Waals surface area contributed by atoms with Gasteiger partial charge in [0.05, 0.1) is 16.8 Å². The van der Waals surface area contributed by atoms with Crippen molar-refractivity contribution in [3.8, 4) is 0 Å². The lowest BCUT2D eigenvalue weighted by Crippen LogP contribution is -2.35. The minimum absolute atomic E-state index is 0.0860. The molecule has 2 N–H and O–H groups in total. The van der Waals surface area contributed by atoms with Crippen LogP contribution < -0.4 is 5.32 Å². The maximum atomic E-state index is 12.3. The Labute approximate surface area is 145 Å². The number of carboxylic acid groups (broad SMARTS) is 1. The third-order valence-electron chi connectivity index (χ3n) is 3.79. The average molecular weight is 365 g/mol. The molecule has 1 aromatic carbocycles. The summed E-state index contributed by atoms with van der Waals surface area (Å²) in [7, 11) is -3.45. The predicted molar refractivity (Wildman–Crippen MR) is 91.4 cm³/mol. The maximum Gasteiger partial charge on any atom is 0.331 e. The van der Waals surface area contributed by atoms with Crippen molar-refractivity contribution in [2.45, 2.75) is 31.2 Å². The van der Waals surface area contributed by atoms with E-state index < -0.39 is 27.3 Å². The van der Waals surface area contributed by atoms with Gasteiger partial charge in [-0.2, -0.15) is 5.10 Å². The van der Waals surface area contributed by atoms with Crippen LogP contribution in [-0.2, 0) is 20.2 Å². The predicted octanol–water partition coefficient (Wildman–Crippen LogP) is 1.67. The van der Waals surface area contributed by atoms with Crippen LogP contribution >= 0.6 is 0 Å². The number of carbonyl (C=O) groups is 2. The summed E-state index contributed by atoms with van der Waals surface area (Å²) in [6.45, 7) is 4.61. The molecule has 0 aliphatic carbocycles. The summed E-state index contributed by atoms with van der Waals surface area (Å²) < 4.78 is 24.8. The molecular weight excluding hydrogens is 346 g/mol. The van der Waals surface area contributed by atoms with Crippen molar-refractivity contribution in [2.75, 3.05) is 11.6 Å². The van der Waals surface area contributed by atoms with Crippen molar-refractivity contribution in [3.05, 3.63) is 41.7 Å². The standard InChI is InChI=1S/C16H19N3O5S/c1-10-5-6-11(7-13(10)25(4,23)24)14(20)18-12-8-17-19(9-12)16(2,3)15(21)22/h5-9H,1-4H3,(H,18,20)(H,21,22). The Morgan fingerprint density at radius 3 is 2.48 bits per heavy atom. The number of benzene rings is 1. The largest absolute Gasteiger partial charge is 0.479 e. The molecule has 0 bridgehead atoms. The van der Waals surface area contributed by atoms with E-state index >= 15 is 0 Å². The molecule has 0 aliphatic rings. The summed E-state index contributed by atoms with van der Waals surface area (Å²) in [5.41, 5.74) is -0.233. The zero-order chi connectivity index (χ0) is 19.0. The van der Waals surface area contributed by atoms with Crippen LogP contribution in [-0.4, -0.2) is 41.4 Å². The lowest BCUT2D eigenvalue weighted by Gasteiger charge is -2.19. The van der Waals surface area contributed by atoms with Gasteiger partial charge in [-0.15, -0.1) is 0 Å². The molecule has 1 heterocycles. The van der Waals surface area contributed by atoms with Gasteiger partial charge in [-0.3, -0.25) is 9.48 Å². The van der Waals surface area contributed by atoms with Crippen molar-refractivity contribution < 1.29 is 23.1 Å². The van der Waals surface area contributed by atoms with Gasteiger partial charge in [-0.1, -0.05) is 6.07 Å². The van der Waals surface area contributed by atoms with Gasteiger partial charge in [-0.25, -0.2) is 13.2 Å². The SMILES string of the molecule is Cc1ccc(C(=O)Nc2cnn(C(C)(C)C(=O)O)c2)cc1S(C)(=O)=O. The van der Waals surface area contributed by atoms with Gasteiger partial charge in [0.1, 0.15) is 0 Å². The fraction of sp³-hybridized carbons (Fsp3) is 0.312. The van der Waals surface area contributed by atoms with Crippen molar-refractivity contribution in [1.82, 2.24) is 9.78 Å². The van der Waals surface area contributed by atoms with Gasteiger partial charge in [0, 0.05) is 18.0 Å². The number of aliphatic carboxylic acids is 1. The molecule has 25 heavy (non-hydrogen) atoms. The van der Waals surface area contributed by atoms with E-state index in [0.717, 1.165) is 6.26 Å². The van der Waals surface area contributed by atoms with Gasteiger partial charge in [0.15, 0.2) is 15.4 Å². The van der Waals surface area contributed by atoms with E-state index in [4.69, 9.17) is 0 Å². The third kappa shape index (κ3) is 3.87. The van der Waals surface area contributed by atoms with E-state index in [1.807, 2.05) is 0 Å². The van der Waals surface area contributed by atoms with Crippen LogP contribution in [0.2, 0.25) is 0 Å². The van der Waals surface area contributed by atoms with Gasteiger partial charge in [0.2, 0.25) is 0 Å². The number of hydrogen-bond acceptors (Lipinski definition) is 5. The van der Waals surface area contributed by atoms with E-state index in [0.29, 0.717) is 11.3 Å². The van der Waals surface area contributed by atoms with Crippen molar-refractivity contribution in [2.24, 2.45) is 0 Å². The molecule has 0 saturated carbocycles. The number of hydrogen-bond donors (Lipinski definition) is 2. The smallest absolute Gasteiger partial charge is 0.331 e. The summed E-state index contributed by atoms with van der Waals surface area (Å²) in [6.07, 6.45) is 3.81. The van der Waals surface area contributed by atoms with E-state index in [1.54, 1.807) is 13.0 Å². The van der Waals surface area contributed by atoms with E-state index in [-0.39, 0.29) is 10.5 Å². The lowest BCUT2D eigenvalue weighted by molar-refractivity contribution is -0.146. The molecule has 1 aromatic heterocycles. The molecule has 0 radical (unpaired) electrons. The number of aromatic nitrogens is 2. The molecule has 0 spiro atoms. The highest BCUT2D eigenvalue weighted by Crippen LogP contribution is 2.20. The highest BCUT2D eigenvalue weighted by atomic mass is 32.2. The molecule has 0 saturated heterocycles. The Hall–Kier alpha value is -2.68. The Kier molecular flexibility index (Phi) is 4.72. The molecule has 0 unspecified atom stereocenters.